The van der Waals surface area contributed by atoms with E-state index < -0.39 is 29.0 Å². The second-order valence-electron chi connectivity index (χ2n) is 9.91. The van der Waals surface area contributed by atoms with E-state index in [-0.39, 0.29) is 48.8 Å². The van der Waals surface area contributed by atoms with Gasteiger partial charge in [0, 0.05) is 30.4 Å². The monoisotopic (exact) mass is 659 g/mol. The van der Waals surface area contributed by atoms with Crippen LogP contribution in [0.5, 0.6) is 17.2 Å². The van der Waals surface area contributed by atoms with Crippen molar-refractivity contribution in [2.45, 2.75) is 45.4 Å². The molecule has 0 bridgehead atoms. The van der Waals surface area contributed by atoms with Gasteiger partial charge in [-0.2, -0.15) is 0 Å². The van der Waals surface area contributed by atoms with Crippen LogP contribution in [0, 0.1) is 6.92 Å². The molecule has 2 aliphatic heterocycles. The Morgan fingerprint density at radius 1 is 1.02 bits per heavy atom. The van der Waals surface area contributed by atoms with Crippen LogP contribution in [0.1, 0.15) is 54.6 Å². The Hall–Kier alpha value is -4.63. The summed E-state index contributed by atoms with van der Waals surface area (Å²) < 4.78 is 22.2. The fourth-order valence-electron chi connectivity index (χ4n) is 4.62. The standard InChI is InChI=1S/C30H33N3O10S2/c1-17-14-22(35)25(29(38)43-17)21(34)8-6-4-5-7-9-24(36)42-13-12-31-30(39)32-26-27-20(16-44-45-27)33(28(26)37)19-11-10-18(40-2)15-23(19)41-3/h10-11,14-16,35H,4-9,12-13H2,1-3H3,(H2,31,32,39). The topological polar surface area (TPSA) is 175 Å². The van der Waals surface area contributed by atoms with E-state index >= 15 is 0 Å². The lowest BCUT2D eigenvalue weighted by atomic mass is 10.0. The van der Waals surface area contributed by atoms with Crippen LogP contribution >= 0.6 is 20.7 Å². The van der Waals surface area contributed by atoms with Crippen molar-refractivity contribution < 1.29 is 38.1 Å². The molecule has 0 unspecified atom stereocenters. The van der Waals surface area contributed by atoms with Crippen LogP contribution in [0.2, 0.25) is 0 Å². The van der Waals surface area contributed by atoms with Crippen LogP contribution in [0.3, 0.4) is 0 Å². The number of nitrogens with one attached hydrogen (secondary N) is 2. The number of ketones is 1. The average molecular weight is 660 g/mol. The Labute approximate surface area is 265 Å². The van der Waals surface area contributed by atoms with Gasteiger partial charge in [0.25, 0.3) is 5.56 Å². The number of ether oxygens (including phenoxy) is 3. The van der Waals surface area contributed by atoms with Crippen LogP contribution in [0.4, 0.5) is 10.5 Å². The fraction of sp³-hybridized carbons (Fsp3) is 0.367. The second kappa shape index (κ2) is 15.4. The number of anilines is 1. The third kappa shape index (κ3) is 8.10. The number of amides is 2. The van der Waals surface area contributed by atoms with E-state index in [9.17, 15) is 29.1 Å². The lowest BCUT2D eigenvalue weighted by Crippen LogP contribution is -2.33. The maximum atomic E-state index is 13.4. The molecule has 2 amide bonds. The first kappa shape index (κ1) is 33.3. The number of nitrogens with zero attached hydrogens (tertiary/aromatic N) is 1. The smallest absolute Gasteiger partial charge is 0.350 e. The van der Waals surface area contributed by atoms with Gasteiger partial charge < -0.3 is 34.4 Å². The molecule has 0 saturated carbocycles. The molecule has 1 aromatic carbocycles. The molecule has 0 atom stereocenters. The third-order valence-corrected chi connectivity index (χ3v) is 8.87. The van der Waals surface area contributed by atoms with Crippen LogP contribution in [0.25, 0.3) is 16.3 Å². The first-order valence-electron chi connectivity index (χ1n) is 14.1. The third-order valence-electron chi connectivity index (χ3n) is 6.79. The summed E-state index contributed by atoms with van der Waals surface area (Å²) in [5.41, 5.74) is -0.348. The molecule has 1 aromatic heterocycles. The second-order valence-corrected chi connectivity index (χ2v) is 12.0. The van der Waals surface area contributed by atoms with Crippen molar-refractivity contribution >= 4 is 44.2 Å². The van der Waals surface area contributed by atoms with E-state index in [4.69, 9.17) is 18.6 Å². The van der Waals surface area contributed by atoms with Gasteiger partial charge in [0.1, 0.15) is 40.9 Å². The van der Waals surface area contributed by atoms with Crippen LogP contribution in [-0.4, -0.2) is 54.8 Å². The van der Waals surface area contributed by atoms with Crippen molar-refractivity contribution in [1.82, 2.24) is 9.88 Å². The summed E-state index contributed by atoms with van der Waals surface area (Å²) in [7, 11) is 5.80. The van der Waals surface area contributed by atoms with Crippen molar-refractivity contribution in [2.24, 2.45) is 0 Å². The van der Waals surface area contributed by atoms with Gasteiger partial charge in [0.15, 0.2) is 5.78 Å². The summed E-state index contributed by atoms with van der Waals surface area (Å²) in [6.45, 7) is 1.49. The van der Waals surface area contributed by atoms with E-state index in [1.807, 2.05) is 5.38 Å². The number of methoxy groups -OCH3 is 2. The van der Waals surface area contributed by atoms with Crippen LogP contribution in [0.15, 0.2) is 43.7 Å². The highest BCUT2D eigenvalue weighted by atomic mass is 32.9. The van der Waals surface area contributed by atoms with Crippen LogP contribution < -0.4 is 31.3 Å². The van der Waals surface area contributed by atoms with E-state index in [2.05, 4.69) is 10.6 Å². The number of aromatic hydroxyl groups is 1. The molecule has 3 heterocycles. The number of unbranched alkanes of at least 4 members (excludes halogenated alkanes) is 3. The van der Waals surface area contributed by atoms with Gasteiger partial charge in [-0.15, -0.1) is 0 Å². The van der Waals surface area contributed by atoms with Gasteiger partial charge in [0.2, 0.25) is 0 Å². The molecule has 0 saturated heterocycles. The lowest BCUT2D eigenvalue weighted by Gasteiger charge is -2.11. The maximum Gasteiger partial charge on any atom is 0.350 e. The zero-order valence-corrected chi connectivity index (χ0v) is 26.6. The van der Waals surface area contributed by atoms with Crippen LogP contribution in [-0.2, 0) is 9.53 Å². The van der Waals surface area contributed by atoms with Crippen molar-refractivity contribution in [2.75, 3.05) is 32.7 Å². The van der Waals surface area contributed by atoms with E-state index in [0.29, 0.717) is 53.4 Å². The molecular weight excluding hydrogens is 626 g/mol. The molecule has 0 radical (unpaired) electrons. The number of rotatable bonds is 15. The predicted octanol–water partition coefficient (Wildman–Crippen LogP) is 4.94. The Bertz CT molecular complexity index is 1750. The van der Waals surface area contributed by atoms with Gasteiger partial charge in [-0.25, -0.2) is 9.59 Å². The summed E-state index contributed by atoms with van der Waals surface area (Å²) >= 11 is 0. The molecule has 240 valence electrons. The fourth-order valence-corrected chi connectivity index (χ4v) is 6.82. The molecule has 15 heteroatoms. The number of carbonyl (C=O) groups excluding carboxylic acids is 3. The minimum Gasteiger partial charge on any atom is -0.507 e. The Morgan fingerprint density at radius 2 is 1.78 bits per heavy atom. The van der Waals surface area contributed by atoms with Gasteiger partial charge in [-0.05, 0) is 31.9 Å². The highest BCUT2D eigenvalue weighted by Gasteiger charge is 2.26. The first-order chi connectivity index (χ1) is 21.6. The number of aromatic nitrogens is 1. The van der Waals surface area contributed by atoms with Gasteiger partial charge >= 0.3 is 17.6 Å². The number of fused-ring (bicyclic) bond motifs is 1. The van der Waals surface area contributed by atoms with E-state index in [1.165, 1.54) is 52.5 Å². The summed E-state index contributed by atoms with van der Waals surface area (Å²) in [5.74, 6) is -0.0768. The van der Waals surface area contributed by atoms with Gasteiger partial charge in [-0.3, -0.25) is 19.0 Å². The molecule has 0 fully saturated rings. The SMILES string of the molecule is COc1ccc(-n2c3cssc-3c(NC(=O)NCCOC(=O)CCCCCCC(=O)c3c(O)cc(C)oc3=O)c2=O)c(OC)c1. The van der Waals surface area contributed by atoms with Gasteiger partial charge in [0.05, 0.1) is 37.0 Å². The first-order valence-corrected chi connectivity index (χ1v) is 16.3. The molecule has 0 aliphatic carbocycles. The minimum absolute atomic E-state index is 0.0386. The molecule has 13 nitrogen and oxygen atoms in total. The van der Waals surface area contributed by atoms with E-state index in [1.54, 1.807) is 18.2 Å². The van der Waals surface area contributed by atoms with Crippen molar-refractivity contribution in [3.05, 3.63) is 61.7 Å². The molecular formula is C30H33N3O10S2. The number of benzene rings is 1. The molecule has 2 aliphatic rings. The largest absolute Gasteiger partial charge is 0.507 e. The molecule has 3 N–H and O–H groups in total. The maximum absolute atomic E-state index is 13.4. The zero-order chi connectivity index (χ0) is 32.5. The Kier molecular flexibility index (Phi) is 11.4. The number of Topliss-reactive ketones (excluding diaryl/α,β-unsaturated/α-hetero) is 1. The molecule has 0 spiro atoms. The van der Waals surface area contributed by atoms with Gasteiger partial charge in [-0.1, -0.05) is 33.5 Å². The predicted molar refractivity (Wildman–Crippen MR) is 169 cm³/mol. The number of hydrogen-bond acceptors (Lipinski definition) is 12. The number of aryl methyl sites for hydroxylation is 1. The molecule has 45 heavy (non-hydrogen) atoms. The quantitative estimate of drug-likeness (QED) is 0.0686. The molecule has 2 aromatic rings. The zero-order valence-electron chi connectivity index (χ0n) is 24.9. The molecule has 4 rings (SSSR count). The lowest BCUT2D eigenvalue weighted by molar-refractivity contribution is -0.143. The van der Waals surface area contributed by atoms with Crippen molar-refractivity contribution in [3.63, 3.8) is 0 Å². The summed E-state index contributed by atoms with van der Waals surface area (Å²) in [6, 6.07) is 5.70. The average Bonchev–Trinajstić information content (AvgIpc) is 3.57. The normalized spacial score (nSPS) is 10.9. The van der Waals surface area contributed by atoms with Crippen molar-refractivity contribution in [3.8, 4) is 33.5 Å². The number of urea groups is 1. The summed E-state index contributed by atoms with van der Waals surface area (Å²) in [4.78, 5) is 62.7. The number of esters is 1. The number of carbonyl (C=O) groups is 3. The van der Waals surface area contributed by atoms with Crippen molar-refractivity contribution in [1.29, 1.82) is 0 Å². The Balaban J connectivity index is 1.17. The Morgan fingerprint density at radius 3 is 2.49 bits per heavy atom. The minimum atomic E-state index is -0.854. The highest BCUT2D eigenvalue weighted by Crippen LogP contribution is 2.40. The summed E-state index contributed by atoms with van der Waals surface area (Å²) in [6.07, 6.45) is 2.58. The summed E-state index contributed by atoms with van der Waals surface area (Å²) in [5, 5.41) is 16.9. The van der Waals surface area contributed by atoms with E-state index in [0.717, 1.165) is 0 Å². The highest BCUT2D eigenvalue weighted by molar-refractivity contribution is 7.70. The number of hydrogen-bond donors (Lipinski definition) is 3.